The summed E-state index contributed by atoms with van der Waals surface area (Å²) in [6, 6.07) is 15.2. The predicted octanol–water partition coefficient (Wildman–Crippen LogP) is 4.53. The minimum absolute atomic E-state index is 0.223. The Balaban J connectivity index is 1.72. The number of nitrogens with zero attached hydrogens (tertiary/aromatic N) is 2. The highest BCUT2D eigenvalue weighted by Crippen LogP contribution is 2.27. The number of aliphatic hydroxyl groups is 1. The lowest BCUT2D eigenvalue weighted by Crippen LogP contribution is -2.45. The van der Waals surface area contributed by atoms with E-state index in [2.05, 4.69) is 10.3 Å². The van der Waals surface area contributed by atoms with Crippen molar-refractivity contribution in [2.45, 2.75) is 44.8 Å². The second-order valence-electron chi connectivity index (χ2n) is 7.54. The standard InChI is InChI=1S/C23H24ClN3O2/c1-15-6-2-3-7-18(15)22-25-20(14-27(22)17-12-10-16(24)11-13-17)23(29)26-19-8-4-5-9-21(19)28/h2-3,6-7,10-14,19,21,28H,4-5,8-9H2,1H3,(H,26,29)/t19-,21-/m1/s1. The molecule has 0 unspecified atom stereocenters. The number of hydrogen-bond acceptors (Lipinski definition) is 3. The summed E-state index contributed by atoms with van der Waals surface area (Å²) in [5, 5.41) is 13.8. The molecule has 0 saturated heterocycles. The van der Waals surface area contributed by atoms with Crippen LogP contribution in [0.3, 0.4) is 0 Å². The third kappa shape index (κ3) is 4.21. The van der Waals surface area contributed by atoms with Crippen LogP contribution in [-0.2, 0) is 0 Å². The van der Waals surface area contributed by atoms with Crippen molar-refractivity contribution in [2.24, 2.45) is 0 Å². The van der Waals surface area contributed by atoms with E-state index in [1.807, 2.05) is 60.0 Å². The third-order valence-electron chi connectivity index (χ3n) is 5.48. The molecule has 0 aliphatic heterocycles. The fourth-order valence-corrected chi connectivity index (χ4v) is 3.95. The van der Waals surface area contributed by atoms with Crippen molar-refractivity contribution in [3.8, 4) is 17.1 Å². The number of benzene rings is 2. The Hall–Kier alpha value is -2.63. The molecule has 1 saturated carbocycles. The first kappa shape index (κ1) is 19.7. The maximum atomic E-state index is 12.9. The molecule has 4 rings (SSSR count). The SMILES string of the molecule is Cc1ccccc1-c1nc(C(=O)N[C@@H]2CCCC[C@H]2O)cn1-c1ccc(Cl)cc1. The predicted molar refractivity (Wildman–Crippen MR) is 114 cm³/mol. The highest BCUT2D eigenvalue weighted by atomic mass is 35.5. The zero-order valence-electron chi connectivity index (χ0n) is 16.3. The molecule has 1 aromatic heterocycles. The molecule has 2 N–H and O–H groups in total. The number of aromatic nitrogens is 2. The number of hydrogen-bond donors (Lipinski definition) is 2. The van der Waals surface area contributed by atoms with Crippen molar-refractivity contribution in [3.63, 3.8) is 0 Å². The topological polar surface area (TPSA) is 67.2 Å². The highest BCUT2D eigenvalue weighted by Gasteiger charge is 2.26. The zero-order chi connectivity index (χ0) is 20.4. The van der Waals surface area contributed by atoms with Gasteiger partial charge in [0.05, 0.1) is 12.1 Å². The number of nitrogens with one attached hydrogen (secondary N) is 1. The summed E-state index contributed by atoms with van der Waals surface area (Å²) in [5.41, 5.74) is 3.23. The molecular formula is C23H24ClN3O2. The van der Waals surface area contributed by atoms with Crippen LogP contribution in [0.1, 0.15) is 41.7 Å². The van der Waals surface area contributed by atoms with Crippen molar-refractivity contribution >= 4 is 17.5 Å². The molecule has 6 heteroatoms. The summed E-state index contributed by atoms with van der Waals surface area (Å²) in [6.07, 6.45) is 4.76. The van der Waals surface area contributed by atoms with E-state index >= 15 is 0 Å². The van der Waals surface area contributed by atoms with Crippen LogP contribution in [0.15, 0.2) is 54.7 Å². The van der Waals surface area contributed by atoms with E-state index in [4.69, 9.17) is 11.6 Å². The van der Waals surface area contributed by atoms with E-state index in [0.29, 0.717) is 16.5 Å². The Bertz CT molecular complexity index is 1010. The molecule has 29 heavy (non-hydrogen) atoms. The molecule has 3 aromatic rings. The minimum Gasteiger partial charge on any atom is -0.391 e. The Morgan fingerprint density at radius 3 is 2.59 bits per heavy atom. The summed E-state index contributed by atoms with van der Waals surface area (Å²) in [7, 11) is 0. The number of carbonyl (C=O) groups excluding carboxylic acids is 1. The van der Waals surface area contributed by atoms with Gasteiger partial charge >= 0.3 is 0 Å². The molecule has 0 spiro atoms. The monoisotopic (exact) mass is 409 g/mol. The summed E-state index contributed by atoms with van der Waals surface area (Å²) in [5.74, 6) is 0.429. The second-order valence-corrected chi connectivity index (χ2v) is 7.98. The molecule has 2 atom stereocenters. The largest absolute Gasteiger partial charge is 0.391 e. The molecule has 2 aromatic carbocycles. The van der Waals surface area contributed by atoms with Crippen molar-refractivity contribution in [1.29, 1.82) is 0 Å². The number of carbonyl (C=O) groups is 1. The van der Waals surface area contributed by atoms with Crippen LogP contribution < -0.4 is 5.32 Å². The summed E-state index contributed by atoms with van der Waals surface area (Å²) < 4.78 is 1.91. The second kappa shape index (κ2) is 8.39. The summed E-state index contributed by atoms with van der Waals surface area (Å²) in [4.78, 5) is 17.6. The highest BCUT2D eigenvalue weighted by molar-refractivity contribution is 6.30. The van der Waals surface area contributed by atoms with E-state index in [-0.39, 0.29) is 11.9 Å². The van der Waals surface area contributed by atoms with Crippen molar-refractivity contribution < 1.29 is 9.90 Å². The van der Waals surface area contributed by atoms with Gasteiger partial charge in [0, 0.05) is 22.5 Å². The molecule has 1 heterocycles. The number of aryl methyl sites for hydroxylation is 1. The Morgan fingerprint density at radius 2 is 1.86 bits per heavy atom. The van der Waals surface area contributed by atoms with Gasteiger partial charge in [0.25, 0.3) is 5.91 Å². The van der Waals surface area contributed by atoms with Crippen LogP contribution in [-0.4, -0.2) is 32.7 Å². The molecule has 150 valence electrons. The number of halogens is 1. The van der Waals surface area contributed by atoms with E-state index in [1.54, 1.807) is 6.20 Å². The number of rotatable bonds is 4. The van der Waals surface area contributed by atoms with Crippen LogP contribution in [0.2, 0.25) is 5.02 Å². The van der Waals surface area contributed by atoms with Gasteiger partial charge in [-0.1, -0.05) is 48.7 Å². The Morgan fingerprint density at radius 1 is 1.14 bits per heavy atom. The van der Waals surface area contributed by atoms with Crippen LogP contribution in [0.25, 0.3) is 17.1 Å². The molecule has 1 fully saturated rings. The van der Waals surface area contributed by atoms with Crippen molar-refractivity contribution in [1.82, 2.24) is 14.9 Å². The van der Waals surface area contributed by atoms with Crippen LogP contribution in [0.5, 0.6) is 0 Å². The van der Waals surface area contributed by atoms with Gasteiger partial charge in [-0.25, -0.2) is 4.98 Å². The Labute approximate surface area is 175 Å². The maximum Gasteiger partial charge on any atom is 0.271 e. The normalized spacial score (nSPS) is 19.1. The van der Waals surface area contributed by atoms with Gasteiger partial charge in [0.2, 0.25) is 0 Å². The lowest BCUT2D eigenvalue weighted by atomic mass is 9.92. The number of imidazole rings is 1. The smallest absolute Gasteiger partial charge is 0.271 e. The minimum atomic E-state index is -0.498. The molecule has 1 aliphatic carbocycles. The van der Waals surface area contributed by atoms with Crippen LogP contribution in [0.4, 0.5) is 0 Å². The van der Waals surface area contributed by atoms with Gasteiger partial charge < -0.3 is 10.4 Å². The average molecular weight is 410 g/mol. The average Bonchev–Trinajstić information content (AvgIpc) is 3.16. The first-order valence-electron chi connectivity index (χ1n) is 9.93. The molecule has 5 nitrogen and oxygen atoms in total. The molecule has 1 amide bonds. The lowest BCUT2D eigenvalue weighted by molar-refractivity contribution is 0.0714. The van der Waals surface area contributed by atoms with Gasteiger partial charge in [-0.2, -0.15) is 0 Å². The zero-order valence-corrected chi connectivity index (χ0v) is 17.1. The fourth-order valence-electron chi connectivity index (χ4n) is 3.82. The maximum absolute atomic E-state index is 12.9. The van der Waals surface area contributed by atoms with Gasteiger partial charge in [-0.3, -0.25) is 9.36 Å². The lowest BCUT2D eigenvalue weighted by Gasteiger charge is -2.27. The van der Waals surface area contributed by atoms with E-state index in [1.165, 1.54) is 0 Å². The van der Waals surface area contributed by atoms with Gasteiger partial charge in [0.1, 0.15) is 11.5 Å². The van der Waals surface area contributed by atoms with Crippen LogP contribution >= 0.6 is 11.6 Å². The molecule has 1 aliphatic rings. The van der Waals surface area contributed by atoms with Gasteiger partial charge in [-0.15, -0.1) is 0 Å². The quantitative estimate of drug-likeness (QED) is 0.665. The fraction of sp³-hybridized carbons (Fsp3) is 0.304. The van der Waals surface area contributed by atoms with Gasteiger partial charge in [0.15, 0.2) is 0 Å². The first-order valence-corrected chi connectivity index (χ1v) is 10.3. The molecule has 0 radical (unpaired) electrons. The number of aliphatic hydroxyl groups excluding tert-OH is 1. The summed E-state index contributed by atoms with van der Waals surface area (Å²) in [6.45, 7) is 2.02. The number of amides is 1. The third-order valence-corrected chi connectivity index (χ3v) is 5.73. The Kier molecular flexibility index (Phi) is 5.69. The van der Waals surface area contributed by atoms with Crippen molar-refractivity contribution in [2.75, 3.05) is 0 Å². The van der Waals surface area contributed by atoms with E-state index in [9.17, 15) is 9.90 Å². The first-order chi connectivity index (χ1) is 14.0. The van der Waals surface area contributed by atoms with Crippen molar-refractivity contribution in [3.05, 3.63) is 71.0 Å². The molecule has 0 bridgehead atoms. The van der Waals surface area contributed by atoms with E-state index < -0.39 is 6.10 Å². The van der Waals surface area contributed by atoms with Gasteiger partial charge in [-0.05, 0) is 49.6 Å². The summed E-state index contributed by atoms with van der Waals surface area (Å²) >= 11 is 6.05. The molecular weight excluding hydrogens is 386 g/mol. The van der Waals surface area contributed by atoms with E-state index in [0.717, 1.165) is 42.5 Å². The van der Waals surface area contributed by atoms with Crippen LogP contribution in [0, 0.1) is 6.92 Å².